The van der Waals surface area contributed by atoms with Crippen molar-refractivity contribution in [2.75, 3.05) is 5.32 Å². The van der Waals surface area contributed by atoms with E-state index >= 15 is 0 Å². The second-order valence-electron chi connectivity index (χ2n) is 6.99. The SMILES string of the molecule is Cc1nn(C(C)(C)C)cc1C(C)Nc1ncnc2c1c(Br)nn2C. The lowest BCUT2D eigenvalue weighted by Crippen LogP contribution is -2.22. The van der Waals surface area contributed by atoms with E-state index in [1.54, 1.807) is 11.0 Å². The maximum atomic E-state index is 4.65. The lowest BCUT2D eigenvalue weighted by Gasteiger charge is -2.19. The molecule has 0 saturated carbocycles. The summed E-state index contributed by atoms with van der Waals surface area (Å²) >= 11 is 3.49. The Morgan fingerprint density at radius 1 is 1.21 bits per heavy atom. The van der Waals surface area contributed by atoms with Crippen LogP contribution in [-0.2, 0) is 12.6 Å². The van der Waals surface area contributed by atoms with Crippen molar-refractivity contribution in [1.29, 1.82) is 0 Å². The van der Waals surface area contributed by atoms with E-state index in [2.05, 4.69) is 75.3 Å². The van der Waals surface area contributed by atoms with Crippen molar-refractivity contribution in [2.24, 2.45) is 7.05 Å². The third kappa shape index (κ3) is 2.90. The first kappa shape index (κ1) is 16.9. The first-order chi connectivity index (χ1) is 11.2. The van der Waals surface area contributed by atoms with Crippen molar-refractivity contribution in [3.8, 4) is 0 Å². The summed E-state index contributed by atoms with van der Waals surface area (Å²) < 4.78 is 4.48. The number of nitrogens with zero attached hydrogens (tertiary/aromatic N) is 6. The molecular weight excluding hydrogens is 370 g/mol. The van der Waals surface area contributed by atoms with Crippen LogP contribution in [0.5, 0.6) is 0 Å². The highest BCUT2D eigenvalue weighted by Gasteiger charge is 2.21. The molecule has 0 radical (unpaired) electrons. The molecule has 3 aromatic heterocycles. The van der Waals surface area contributed by atoms with Gasteiger partial charge >= 0.3 is 0 Å². The molecule has 8 heteroatoms. The fourth-order valence-electron chi connectivity index (χ4n) is 2.68. The van der Waals surface area contributed by atoms with E-state index in [1.807, 2.05) is 18.7 Å². The van der Waals surface area contributed by atoms with Crippen LogP contribution in [0, 0.1) is 6.92 Å². The lowest BCUT2D eigenvalue weighted by atomic mass is 10.1. The second kappa shape index (κ2) is 5.84. The van der Waals surface area contributed by atoms with Crippen LogP contribution in [0.15, 0.2) is 17.1 Å². The van der Waals surface area contributed by atoms with Crippen molar-refractivity contribution in [2.45, 2.75) is 46.2 Å². The van der Waals surface area contributed by atoms with Crippen molar-refractivity contribution in [3.05, 3.63) is 28.4 Å². The van der Waals surface area contributed by atoms with Crippen molar-refractivity contribution < 1.29 is 0 Å². The van der Waals surface area contributed by atoms with E-state index in [-0.39, 0.29) is 11.6 Å². The number of rotatable bonds is 3. The van der Waals surface area contributed by atoms with Crippen LogP contribution in [0.4, 0.5) is 5.82 Å². The molecule has 1 unspecified atom stereocenters. The number of nitrogens with one attached hydrogen (secondary N) is 1. The van der Waals surface area contributed by atoms with Gasteiger partial charge < -0.3 is 5.32 Å². The average molecular weight is 392 g/mol. The van der Waals surface area contributed by atoms with E-state index < -0.39 is 0 Å². The quantitative estimate of drug-likeness (QED) is 0.738. The summed E-state index contributed by atoms with van der Waals surface area (Å²) in [6.45, 7) is 10.6. The zero-order valence-corrected chi connectivity index (χ0v) is 16.4. The summed E-state index contributed by atoms with van der Waals surface area (Å²) in [5.41, 5.74) is 2.91. The Morgan fingerprint density at radius 2 is 1.92 bits per heavy atom. The number of anilines is 1. The van der Waals surface area contributed by atoms with E-state index in [1.165, 1.54) is 0 Å². The molecule has 0 spiro atoms. The van der Waals surface area contributed by atoms with Crippen LogP contribution in [-0.4, -0.2) is 29.5 Å². The number of fused-ring (bicyclic) bond motifs is 1. The first-order valence-corrected chi connectivity index (χ1v) is 8.64. The summed E-state index contributed by atoms with van der Waals surface area (Å²) in [4.78, 5) is 8.70. The summed E-state index contributed by atoms with van der Waals surface area (Å²) in [5.74, 6) is 0.760. The van der Waals surface area contributed by atoms with Crippen LogP contribution in [0.2, 0.25) is 0 Å². The number of hydrogen-bond acceptors (Lipinski definition) is 5. The van der Waals surface area contributed by atoms with Crippen LogP contribution < -0.4 is 5.32 Å². The Hall–Kier alpha value is -1.96. The molecule has 0 saturated heterocycles. The van der Waals surface area contributed by atoms with Crippen LogP contribution >= 0.6 is 15.9 Å². The Balaban J connectivity index is 1.96. The molecule has 1 atom stereocenters. The molecule has 3 rings (SSSR count). The van der Waals surface area contributed by atoms with Crippen molar-refractivity contribution in [1.82, 2.24) is 29.5 Å². The minimum absolute atomic E-state index is 0.0444. The van der Waals surface area contributed by atoms with Gasteiger partial charge in [-0.2, -0.15) is 10.2 Å². The predicted molar refractivity (Wildman–Crippen MR) is 98.0 cm³/mol. The lowest BCUT2D eigenvalue weighted by molar-refractivity contribution is 0.354. The molecule has 0 aliphatic carbocycles. The summed E-state index contributed by atoms with van der Waals surface area (Å²) in [6, 6.07) is 0.0614. The van der Waals surface area contributed by atoms with E-state index in [9.17, 15) is 0 Å². The van der Waals surface area contributed by atoms with Gasteiger partial charge in [0.05, 0.1) is 22.7 Å². The van der Waals surface area contributed by atoms with E-state index in [4.69, 9.17) is 0 Å². The zero-order valence-electron chi connectivity index (χ0n) is 14.8. The first-order valence-electron chi connectivity index (χ1n) is 7.85. The molecule has 0 amide bonds. The molecule has 0 fully saturated rings. The highest BCUT2D eigenvalue weighted by atomic mass is 79.9. The topological polar surface area (TPSA) is 73.5 Å². The highest BCUT2D eigenvalue weighted by molar-refractivity contribution is 9.10. The third-order valence-electron chi connectivity index (χ3n) is 4.02. The Kier molecular flexibility index (Phi) is 4.11. The van der Waals surface area contributed by atoms with Gasteiger partial charge in [0.1, 0.15) is 16.7 Å². The Morgan fingerprint density at radius 3 is 2.54 bits per heavy atom. The number of hydrogen-bond donors (Lipinski definition) is 1. The van der Waals surface area contributed by atoms with Crippen LogP contribution in [0.3, 0.4) is 0 Å². The molecule has 7 nitrogen and oxygen atoms in total. The van der Waals surface area contributed by atoms with Gasteiger partial charge in [0.25, 0.3) is 0 Å². The molecule has 3 heterocycles. The normalized spacial score (nSPS) is 13.5. The van der Waals surface area contributed by atoms with Gasteiger partial charge in [-0.15, -0.1) is 0 Å². The summed E-state index contributed by atoms with van der Waals surface area (Å²) in [5, 5.41) is 13.4. The second-order valence-corrected chi connectivity index (χ2v) is 7.74. The maximum absolute atomic E-state index is 4.65. The smallest absolute Gasteiger partial charge is 0.164 e. The monoisotopic (exact) mass is 391 g/mol. The fourth-order valence-corrected chi connectivity index (χ4v) is 3.28. The summed E-state index contributed by atoms with van der Waals surface area (Å²) in [6.07, 6.45) is 3.65. The zero-order chi connectivity index (χ0) is 17.6. The molecule has 24 heavy (non-hydrogen) atoms. The van der Waals surface area contributed by atoms with Gasteiger partial charge in [-0.3, -0.25) is 4.68 Å². The van der Waals surface area contributed by atoms with E-state index in [0.29, 0.717) is 0 Å². The Labute approximate surface area is 149 Å². The van der Waals surface area contributed by atoms with Crippen LogP contribution in [0.1, 0.15) is 45.0 Å². The number of halogens is 1. The third-order valence-corrected chi connectivity index (χ3v) is 4.58. The van der Waals surface area contributed by atoms with Gasteiger partial charge in [0, 0.05) is 18.8 Å². The standard InChI is InChI=1S/C16H22BrN7/c1-9(11-7-24(16(3,4)5)21-10(11)2)20-14-12-13(17)22-23(6)15(12)19-8-18-14/h7-9H,1-6H3,(H,18,19,20). The largest absolute Gasteiger partial charge is 0.363 e. The molecule has 128 valence electrons. The highest BCUT2D eigenvalue weighted by Crippen LogP contribution is 2.30. The van der Waals surface area contributed by atoms with Gasteiger partial charge in [0.15, 0.2) is 5.65 Å². The Bertz CT molecular complexity index is 888. The molecule has 0 aromatic carbocycles. The molecule has 3 aromatic rings. The predicted octanol–water partition coefficient (Wildman–Crippen LogP) is 3.56. The minimum Gasteiger partial charge on any atom is -0.363 e. The maximum Gasteiger partial charge on any atom is 0.164 e. The van der Waals surface area contributed by atoms with Crippen LogP contribution in [0.25, 0.3) is 11.0 Å². The minimum atomic E-state index is -0.0444. The molecule has 0 aliphatic heterocycles. The van der Waals surface area contributed by atoms with Crippen molar-refractivity contribution >= 4 is 32.8 Å². The summed E-state index contributed by atoms with van der Waals surface area (Å²) in [7, 11) is 1.87. The molecule has 0 bridgehead atoms. The molecule has 1 N–H and O–H groups in total. The molecule has 0 aliphatic rings. The van der Waals surface area contributed by atoms with Gasteiger partial charge in [-0.25, -0.2) is 14.6 Å². The van der Waals surface area contributed by atoms with Gasteiger partial charge in [0.2, 0.25) is 0 Å². The van der Waals surface area contributed by atoms with Crippen molar-refractivity contribution in [3.63, 3.8) is 0 Å². The number of aromatic nitrogens is 6. The van der Waals surface area contributed by atoms with Gasteiger partial charge in [-0.05, 0) is 50.5 Å². The fraction of sp³-hybridized carbons (Fsp3) is 0.500. The molecular formula is C16H22BrN7. The van der Waals surface area contributed by atoms with Gasteiger partial charge in [-0.1, -0.05) is 0 Å². The average Bonchev–Trinajstić information content (AvgIpc) is 3.01. The van der Waals surface area contributed by atoms with E-state index in [0.717, 1.165) is 32.7 Å². The number of aryl methyl sites for hydroxylation is 2.